The summed E-state index contributed by atoms with van der Waals surface area (Å²) in [6, 6.07) is 7.39. The zero-order chi connectivity index (χ0) is 24.6. The Morgan fingerprint density at radius 1 is 0.743 bits per heavy atom. The molecule has 5 nitrogen and oxygen atoms in total. The average Bonchev–Trinajstić information content (AvgIpc) is 2.84. The Balaban J connectivity index is 1.55. The van der Waals surface area contributed by atoms with Gasteiger partial charge in [0.2, 0.25) is 12.6 Å². The van der Waals surface area contributed by atoms with Crippen molar-refractivity contribution in [3.05, 3.63) is 68.7 Å². The van der Waals surface area contributed by atoms with Gasteiger partial charge in [-0.25, -0.2) is 0 Å². The lowest BCUT2D eigenvalue weighted by molar-refractivity contribution is -0.227. The Bertz CT molecular complexity index is 982. The molecule has 0 fully saturated rings. The summed E-state index contributed by atoms with van der Waals surface area (Å²) >= 11 is 12.9. The van der Waals surface area contributed by atoms with Crippen LogP contribution in [0, 0.1) is 0 Å². The van der Waals surface area contributed by atoms with Crippen LogP contribution in [0.3, 0.4) is 0 Å². The molecule has 2 aliphatic heterocycles. The van der Waals surface area contributed by atoms with Crippen molar-refractivity contribution >= 4 is 35.4 Å². The lowest BCUT2D eigenvalue weighted by atomic mass is 10.0. The van der Waals surface area contributed by atoms with Crippen molar-refractivity contribution in [1.82, 2.24) is 0 Å². The third-order valence-electron chi connectivity index (χ3n) is 5.73. The van der Waals surface area contributed by atoms with Gasteiger partial charge in [0.25, 0.3) is 0 Å². The van der Waals surface area contributed by atoms with Crippen LogP contribution < -0.4 is 9.47 Å². The number of halogens is 2. The van der Waals surface area contributed by atoms with Crippen LogP contribution in [0.25, 0.3) is 12.2 Å². The lowest BCUT2D eigenvalue weighted by Gasteiger charge is -2.39. The maximum atomic E-state index is 6.44. The predicted molar refractivity (Wildman–Crippen MR) is 140 cm³/mol. The summed E-state index contributed by atoms with van der Waals surface area (Å²) in [7, 11) is 0. The molecule has 35 heavy (non-hydrogen) atoms. The Morgan fingerprint density at radius 3 is 1.63 bits per heavy atom. The number of benzene rings is 2. The van der Waals surface area contributed by atoms with Crippen LogP contribution in [-0.4, -0.2) is 26.4 Å². The quantitative estimate of drug-likeness (QED) is 0.265. The van der Waals surface area contributed by atoms with Crippen LogP contribution in [0.5, 0.6) is 11.5 Å². The minimum atomic E-state index is -0.642. The summed E-state index contributed by atoms with van der Waals surface area (Å²) < 4.78 is 30.0. The van der Waals surface area contributed by atoms with E-state index >= 15 is 0 Å². The number of fused-ring (bicyclic) bond motifs is 6. The molecule has 0 N–H and O–H groups in total. The Morgan fingerprint density at radius 2 is 1.20 bits per heavy atom. The second-order valence-corrected chi connectivity index (χ2v) is 9.40. The van der Waals surface area contributed by atoms with Gasteiger partial charge in [0.15, 0.2) is 0 Å². The third-order valence-corrected chi connectivity index (χ3v) is 6.17. The first kappa shape index (κ1) is 26.1. The number of rotatable bonds is 12. The monoisotopic (exact) mass is 518 g/mol. The van der Waals surface area contributed by atoms with E-state index in [0.717, 1.165) is 61.2 Å². The smallest absolute Gasteiger partial charge is 0.234 e. The molecular formula is C28H32Cl2O5. The summed E-state index contributed by atoms with van der Waals surface area (Å²) in [6.07, 6.45) is 10.9. The fraction of sp³-hybridized carbons (Fsp3) is 0.429. The highest BCUT2D eigenvalue weighted by molar-refractivity contribution is 6.31. The molecule has 188 valence electrons. The highest BCUT2D eigenvalue weighted by atomic mass is 35.5. The van der Waals surface area contributed by atoms with Crippen LogP contribution in [0.4, 0.5) is 0 Å². The lowest BCUT2D eigenvalue weighted by Crippen LogP contribution is -2.31. The minimum Gasteiger partial charge on any atom is -0.459 e. The van der Waals surface area contributed by atoms with Crippen molar-refractivity contribution < 1.29 is 23.7 Å². The molecular weight excluding hydrogens is 487 g/mol. The van der Waals surface area contributed by atoms with E-state index in [-0.39, 0.29) is 0 Å². The van der Waals surface area contributed by atoms with E-state index < -0.39 is 12.6 Å². The zero-order valence-corrected chi connectivity index (χ0v) is 21.7. The standard InChI is InChI=1S/C28H32Cl2O5/c1-3-5-11-31-13-7-9-19-15-21(29)17-23-25(19)33-28-24-18-22(30)16-20(26(24)34-27(23)35-28)10-8-14-32-12-6-4-2/h7-10,15-18,27-28H,3-6,11-14H2,1-2H3/b9-7-,10-8-. The Kier molecular flexibility index (Phi) is 9.52. The van der Waals surface area contributed by atoms with Gasteiger partial charge in [0.1, 0.15) is 11.5 Å². The van der Waals surface area contributed by atoms with E-state index in [0.29, 0.717) is 34.8 Å². The summed E-state index contributed by atoms with van der Waals surface area (Å²) in [6.45, 7) is 6.83. The molecule has 2 aromatic carbocycles. The molecule has 0 amide bonds. The van der Waals surface area contributed by atoms with Gasteiger partial charge in [-0.2, -0.15) is 0 Å². The van der Waals surface area contributed by atoms with Gasteiger partial charge in [-0.1, -0.05) is 74.2 Å². The third kappa shape index (κ3) is 6.60. The van der Waals surface area contributed by atoms with Gasteiger partial charge < -0.3 is 18.9 Å². The maximum Gasteiger partial charge on any atom is 0.234 e. The van der Waals surface area contributed by atoms with Crippen LogP contribution >= 0.6 is 23.2 Å². The van der Waals surface area contributed by atoms with E-state index in [1.165, 1.54) is 0 Å². The molecule has 2 bridgehead atoms. The first-order valence-corrected chi connectivity index (χ1v) is 13.0. The molecule has 2 atom stereocenters. The fourth-order valence-corrected chi connectivity index (χ4v) is 4.41. The summed E-state index contributed by atoms with van der Waals surface area (Å²) in [5, 5.41) is 1.16. The fourth-order valence-electron chi connectivity index (χ4n) is 3.94. The maximum absolute atomic E-state index is 6.44. The van der Waals surface area contributed by atoms with Crippen molar-refractivity contribution in [1.29, 1.82) is 0 Å². The second kappa shape index (κ2) is 12.8. The first-order valence-electron chi connectivity index (χ1n) is 12.2. The predicted octanol–water partition coefficient (Wildman–Crippen LogP) is 8.15. The molecule has 2 heterocycles. The number of unbranched alkanes of at least 4 members (excludes halogenated alkanes) is 2. The number of ether oxygens (including phenoxy) is 5. The highest BCUT2D eigenvalue weighted by Gasteiger charge is 2.40. The van der Waals surface area contributed by atoms with Gasteiger partial charge >= 0.3 is 0 Å². The average molecular weight is 519 g/mol. The molecule has 0 saturated heterocycles. The van der Waals surface area contributed by atoms with Crippen molar-refractivity contribution in [2.45, 2.75) is 52.1 Å². The molecule has 0 aromatic heterocycles. The largest absolute Gasteiger partial charge is 0.459 e. The van der Waals surface area contributed by atoms with Crippen molar-refractivity contribution in [2.75, 3.05) is 26.4 Å². The van der Waals surface area contributed by atoms with Crippen molar-refractivity contribution in [2.24, 2.45) is 0 Å². The van der Waals surface area contributed by atoms with Crippen molar-refractivity contribution in [3.8, 4) is 11.5 Å². The van der Waals surface area contributed by atoms with E-state index in [2.05, 4.69) is 13.8 Å². The molecule has 7 heteroatoms. The first-order chi connectivity index (χ1) is 17.1. The molecule has 0 radical (unpaired) electrons. The molecule has 0 spiro atoms. The molecule has 2 aliphatic rings. The van der Waals surface area contributed by atoms with E-state index in [1.807, 2.05) is 48.6 Å². The Hall–Kier alpha value is -2.02. The molecule has 2 unspecified atom stereocenters. The summed E-state index contributed by atoms with van der Waals surface area (Å²) in [5.74, 6) is 1.37. The summed E-state index contributed by atoms with van der Waals surface area (Å²) in [5.41, 5.74) is 3.20. The van der Waals surface area contributed by atoms with Gasteiger partial charge in [0.05, 0.1) is 24.3 Å². The topological polar surface area (TPSA) is 46.2 Å². The van der Waals surface area contributed by atoms with Crippen molar-refractivity contribution in [3.63, 3.8) is 0 Å². The minimum absolute atomic E-state index is 0.525. The van der Waals surface area contributed by atoms with Gasteiger partial charge in [-0.3, -0.25) is 4.74 Å². The molecule has 0 aliphatic carbocycles. The molecule has 2 aromatic rings. The van der Waals surface area contributed by atoms with Crippen LogP contribution in [0.15, 0.2) is 36.4 Å². The van der Waals surface area contributed by atoms with E-state index in [9.17, 15) is 0 Å². The summed E-state index contributed by atoms with van der Waals surface area (Å²) in [4.78, 5) is 0. The number of hydrogen-bond donors (Lipinski definition) is 0. The second-order valence-electron chi connectivity index (χ2n) is 8.52. The normalized spacial score (nSPS) is 18.4. The van der Waals surface area contributed by atoms with E-state index in [1.54, 1.807) is 0 Å². The highest BCUT2D eigenvalue weighted by Crippen LogP contribution is 2.51. The molecule has 4 rings (SSSR count). The zero-order valence-electron chi connectivity index (χ0n) is 20.2. The van der Waals surface area contributed by atoms with Gasteiger partial charge in [-0.05, 0) is 37.1 Å². The van der Waals surface area contributed by atoms with Crippen LogP contribution in [0.2, 0.25) is 10.0 Å². The van der Waals surface area contributed by atoms with Gasteiger partial charge in [-0.15, -0.1) is 0 Å². The van der Waals surface area contributed by atoms with Crippen LogP contribution in [-0.2, 0) is 14.2 Å². The van der Waals surface area contributed by atoms with Crippen LogP contribution in [0.1, 0.15) is 74.4 Å². The molecule has 0 saturated carbocycles. The number of hydrogen-bond acceptors (Lipinski definition) is 5. The Labute approximate surface area is 217 Å². The SMILES string of the molecule is CCCCOC/C=C\c1cc(Cl)cc2c1OC1OC2Oc2c(/C=C\COCCCC)cc(Cl)cc21. The van der Waals surface area contributed by atoms with E-state index in [4.69, 9.17) is 46.9 Å². The van der Waals surface area contributed by atoms with Gasteiger partial charge in [0, 0.05) is 34.4 Å².